The molecule has 1 aliphatic heterocycles. The number of methoxy groups -OCH3 is 1. The second-order valence-electron chi connectivity index (χ2n) is 7.74. The van der Waals surface area contributed by atoms with Crippen LogP contribution >= 0.6 is 0 Å². The summed E-state index contributed by atoms with van der Waals surface area (Å²) in [5.41, 5.74) is 1.90. The lowest BCUT2D eigenvalue weighted by atomic mass is 10.00. The minimum absolute atomic E-state index is 0.0257. The van der Waals surface area contributed by atoms with Crippen LogP contribution < -0.4 is 9.46 Å². The molecule has 4 rings (SSSR count). The molecule has 1 fully saturated rings. The van der Waals surface area contributed by atoms with Crippen molar-refractivity contribution in [3.05, 3.63) is 95.6 Å². The van der Waals surface area contributed by atoms with E-state index in [9.17, 15) is 13.2 Å². The number of benzene rings is 3. The van der Waals surface area contributed by atoms with Gasteiger partial charge < -0.3 is 9.64 Å². The third kappa shape index (κ3) is 4.69. The number of rotatable bonds is 7. The van der Waals surface area contributed by atoms with Crippen molar-refractivity contribution in [3.63, 3.8) is 0 Å². The molecule has 1 N–H and O–H groups in total. The van der Waals surface area contributed by atoms with Gasteiger partial charge in [-0.15, -0.1) is 0 Å². The lowest BCUT2D eigenvalue weighted by Crippen LogP contribution is -2.31. The van der Waals surface area contributed by atoms with Gasteiger partial charge in [-0.3, -0.25) is 4.79 Å². The molecule has 1 amide bonds. The standard InChI is InChI=1S/C25H26N2O4S/c1-31-23-15-14-21(18-22(23)25(28)27-16-8-9-17-27)32(29,30)26-24(19-10-4-2-5-11-19)20-12-6-3-7-13-20/h2-7,10-15,18,24,26H,8-9,16-17H2,1H3. The van der Waals surface area contributed by atoms with Gasteiger partial charge in [-0.25, -0.2) is 8.42 Å². The van der Waals surface area contributed by atoms with Crippen LogP contribution in [0, 0.1) is 0 Å². The van der Waals surface area contributed by atoms with Gasteiger partial charge >= 0.3 is 0 Å². The first kappa shape index (κ1) is 22.0. The molecule has 1 aliphatic rings. The third-order valence-electron chi connectivity index (χ3n) is 5.64. The van der Waals surface area contributed by atoms with Crippen LogP contribution in [0.3, 0.4) is 0 Å². The molecule has 0 bridgehead atoms. The quantitative estimate of drug-likeness (QED) is 0.590. The molecular formula is C25H26N2O4S. The highest BCUT2D eigenvalue weighted by atomic mass is 32.2. The van der Waals surface area contributed by atoms with E-state index in [0.29, 0.717) is 18.8 Å². The van der Waals surface area contributed by atoms with Crippen LogP contribution in [-0.4, -0.2) is 39.4 Å². The Labute approximate surface area is 188 Å². The average Bonchev–Trinajstić information content (AvgIpc) is 3.38. The Morgan fingerprint density at radius 2 is 1.47 bits per heavy atom. The Kier molecular flexibility index (Phi) is 6.58. The van der Waals surface area contributed by atoms with E-state index < -0.39 is 16.1 Å². The fraction of sp³-hybridized carbons (Fsp3) is 0.240. The van der Waals surface area contributed by atoms with Gasteiger partial charge in [0.05, 0.1) is 23.6 Å². The number of nitrogens with one attached hydrogen (secondary N) is 1. The molecule has 0 spiro atoms. The van der Waals surface area contributed by atoms with Crippen molar-refractivity contribution in [2.75, 3.05) is 20.2 Å². The summed E-state index contributed by atoms with van der Waals surface area (Å²) in [6, 6.07) is 22.7. The Morgan fingerprint density at radius 3 is 2.00 bits per heavy atom. The summed E-state index contributed by atoms with van der Waals surface area (Å²) >= 11 is 0. The van der Waals surface area contributed by atoms with E-state index >= 15 is 0 Å². The molecule has 3 aromatic rings. The van der Waals surface area contributed by atoms with E-state index in [-0.39, 0.29) is 16.4 Å². The van der Waals surface area contributed by atoms with Crippen LogP contribution in [0.4, 0.5) is 0 Å². The fourth-order valence-corrected chi connectivity index (χ4v) is 5.19. The van der Waals surface area contributed by atoms with Gasteiger partial charge in [0, 0.05) is 13.1 Å². The van der Waals surface area contributed by atoms with Crippen molar-refractivity contribution in [2.24, 2.45) is 0 Å². The molecular weight excluding hydrogens is 424 g/mol. The summed E-state index contributed by atoms with van der Waals surface area (Å²) < 4.78 is 35.0. The summed E-state index contributed by atoms with van der Waals surface area (Å²) in [5, 5.41) is 0. The molecule has 1 saturated heterocycles. The molecule has 0 saturated carbocycles. The predicted molar refractivity (Wildman–Crippen MR) is 123 cm³/mol. The van der Waals surface area contributed by atoms with Gasteiger partial charge in [-0.1, -0.05) is 60.7 Å². The van der Waals surface area contributed by atoms with Crippen molar-refractivity contribution >= 4 is 15.9 Å². The van der Waals surface area contributed by atoms with Gasteiger partial charge in [0.2, 0.25) is 10.0 Å². The highest BCUT2D eigenvalue weighted by molar-refractivity contribution is 7.89. The first-order valence-corrected chi connectivity index (χ1v) is 12.1. The first-order chi connectivity index (χ1) is 15.5. The van der Waals surface area contributed by atoms with Crippen LogP contribution in [-0.2, 0) is 10.0 Å². The molecule has 0 aliphatic carbocycles. The maximum Gasteiger partial charge on any atom is 0.257 e. The number of ether oxygens (including phenoxy) is 1. The molecule has 7 heteroatoms. The second-order valence-corrected chi connectivity index (χ2v) is 9.45. The SMILES string of the molecule is COc1ccc(S(=O)(=O)NC(c2ccccc2)c2ccccc2)cc1C(=O)N1CCCC1. The number of carbonyl (C=O) groups excluding carboxylic acids is 1. The Hall–Kier alpha value is -3.16. The normalized spacial score (nSPS) is 14.0. The van der Waals surface area contributed by atoms with E-state index in [1.54, 1.807) is 4.90 Å². The summed E-state index contributed by atoms with van der Waals surface area (Å²) in [6.07, 6.45) is 1.90. The van der Waals surface area contributed by atoms with Gasteiger partial charge in [-0.05, 0) is 42.2 Å². The van der Waals surface area contributed by atoms with Crippen LogP contribution in [0.25, 0.3) is 0 Å². The van der Waals surface area contributed by atoms with Crippen molar-refractivity contribution < 1.29 is 17.9 Å². The Balaban J connectivity index is 1.70. The zero-order chi connectivity index (χ0) is 22.6. The van der Waals surface area contributed by atoms with E-state index in [0.717, 1.165) is 24.0 Å². The van der Waals surface area contributed by atoms with E-state index in [2.05, 4.69) is 4.72 Å². The predicted octanol–water partition coefficient (Wildman–Crippen LogP) is 4.00. The summed E-state index contributed by atoms with van der Waals surface area (Å²) in [7, 11) is -2.46. The van der Waals surface area contributed by atoms with Crippen molar-refractivity contribution in [1.29, 1.82) is 0 Å². The highest BCUT2D eigenvalue weighted by Crippen LogP contribution is 2.28. The monoisotopic (exact) mass is 450 g/mol. The minimum atomic E-state index is -3.94. The highest BCUT2D eigenvalue weighted by Gasteiger charge is 2.27. The maximum absolute atomic E-state index is 13.4. The number of nitrogens with zero attached hydrogens (tertiary/aromatic N) is 1. The smallest absolute Gasteiger partial charge is 0.257 e. The fourth-order valence-electron chi connectivity index (χ4n) is 3.95. The average molecular weight is 451 g/mol. The number of carbonyl (C=O) groups is 1. The summed E-state index contributed by atoms with van der Waals surface area (Å²) in [4.78, 5) is 14.8. The Bertz CT molecular complexity index is 1140. The zero-order valence-electron chi connectivity index (χ0n) is 17.9. The van der Waals surface area contributed by atoms with Crippen molar-refractivity contribution in [3.8, 4) is 5.75 Å². The number of hydrogen-bond donors (Lipinski definition) is 1. The van der Waals surface area contributed by atoms with Gasteiger partial charge in [0.15, 0.2) is 0 Å². The molecule has 3 aromatic carbocycles. The lowest BCUT2D eigenvalue weighted by Gasteiger charge is -2.21. The Morgan fingerprint density at radius 1 is 0.906 bits per heavy atom. The first-order valence-electron chi connectivity index (χ1n) is 10.6. The van der Waals surface area contributed by atoms with Crippen molar-refractivity contribution in [2.45, 2.75) is 23.8 Å². The zero-order valence-corrected chi connectivity index (χ0v) is 18.7. The number of hydrogen-bond acceptors (Lipinski definition) is 4. The van der Waals surface area contributed by atoms with Crippen LogP contribution in [0.15, 0.2) is 83.8 Å². The maximum atomic E-state index is 13.4. The van der Waals surface area contributed by atoms with Crippen molar-refractivity contribution in [1.82, 2.24) is 9.62 Å². The molecule has 0 radical (unpaired) electrons. The molecule has 166 valence electrons. The largest absolute Gasteiger partial charge is 0.496 e. The van der Waals surface area contributed by atoms with E-state index in [1.165, 1.54) is 25.3 Å². The van der Waals surface area contributed by atoms with Gasteiger partial charge in [-0.2, -0.15) is 4.72 Å². The molecule has 1 heterocycles. The topological polar surface area (TPSA) is 75.7 Å². The molecule has 0 aromatic heterocycles. The second kappa shape index (κ2) is 9.54. The molecule has 6 nitrogen and oxygen atoms in total. The number of likely N-dealkylation sites (tertiary alicyclic amines) is 1. The van der Waals surface area contributed by atoms with Crippen LogP contribution in [0.5, 0.6) is 5.75 Å². The number of amides is 1. The van der Waals surface area contributed by atoms with Gasteiger partial charge in [0.1, 0.15) is 5.75 Å². The molecule has 32 heavy (non-hydrogen) atoms. The molecule has 0 unspecified atom stereocenters. The third-order valence-corrected chi connectivity index (χ3v) is 7.06. The van der Waals surface area contributed by atoms with Crippen LogP contribution in [0.1, 0.15) is 40.4 Å². The van der Waals surface area contributed by atoms with Gasteiger partial charge in [0.25, 0.3) is 5.91 Å². The van der Waals surface area contributed by atoms with E-state index in [1.807, 2.05) is 60.7 Å². The lowest BCUT2D eigenvalue weighted by molar-refractivity contribution is 0.0789. The minimum Gasteiger partial charge on any atom is -0.496 e. The summed E-state index contributed by atoms with van der Waals surface area (Å²) in [6.45, 7) is 1.34. The number of sulfonamides is 1. The van der Waals surface area contributed by atoms with E-state index in [4.69, 9.17) is 4.74 Å². The summed E-state index contributed by atoms with van der Waals surface area (Å²) in [5.74, 6) is 0.155. The van der Waals surface area contributed by atoms with Crippen LogP contribution in [0.2, 0.25) is 0 Å². The molecule has 0 atom stereocenters.